The van der Waals surface area contributed by atoms with Gasteiger partial charge in [0.15, 0.2) is 5.96 Å². The van der Waals surface area contributed by atoms with E-state index in [4.69, 9.17) is 15.2 Å². The minimum Gasteiger partial charge on any atom is -0.496 e. The van der Waals surface area contributed by atoms with Crippen LogP contribution in [0.25, 0.3) is 0 Å². The summed E-state index contributed by atoms with van der Waals surface area (Å²) in [4.78, 5) is 15.9. The molecule has 0 heterocycles. The van der Waals surface area contributed by atoms with Crippen molar-refractivity contribution in [1.82, 2.24) is 5.32 Å². The first-order chi connectivity index (χ1) is 9.76. The standard InChI is InChI=1S/C15H23N3O3/c1-15(2,3)18-14(16)17-9-10-6-7-12(20-4)11(8-10)13(19)21-5/h6-8H,9H2,1-5H3,(H3,16,17,18). The number of benzene rings is 1. The number of carbonyl (C=O) groups excluding carboxylic acids is 1. The second kappa shape index (κ2) is 6.97. The Hall–Kier alpha value is -2.24. The molecule has 0 aliphatic rings. The Balaban J connectivity index is 2.90. The van der Waals surface area contributed by atoms with E-state index in [0.717, 1.165) is 5.56 Å². The highest BCUT2D eigenvalue weighted by atomic mass is 16.5. The summed E-state index contributed by atoms with van der Waals surface area (Å²) in [7, 11) is 2.84. The molecule has 1 aromatic rings. The Kier molecular flexibility index (Phi) is 5.58. The normalized spacial score (nSPS) is 12.0. The van der Waals surface area contributed by atoms with E-state index in [2.05, 4.69) is 10.3 Å². The maximum absolute atomic E-state index is 11.7. The van der Waals surface area contributed by atoms with Crippen LogP contribution >= 0.6 is 0 Å². The number of aliphatic imine (C=N–C) groups is 1. The van der Waals surface area contributed by atoms with Crippen molar-refractivity contribution in [3.8, 4) is 5.75 Å². The van der Waals surface area contributed by atoms with Crippen LogP contribution in [0, 0.1) is 0 Å². The van der Waals surface area contributed by atoms with Crippen LogP contribution in [0.4, 0.5) is 0 Å². The van der Waals surface area contributed by atoms with Crippen LogP contribution in [-0.4, -0.2) is 31.7 Å². The molecule has 0 aromatic heterocycles. The SMILES string of the molecule is COC(=O)c1cc(CN=C(N)NC(C)(C)C)ccc1OC. The van der Waals surface area contributed by atoms with Gasteiger partial charge in [0.25, 0.3) is 0 Å². The zero-order valence-electron chi connectivity index (χ0n) is 13.2. The Morgan fingerprint density at radius 3 is 2.52 bits per heavy atom. The van der Waals surface area contributed by atoms with E-state index in [1.807, 2.05) is 26.8 Å². The Morgan fingerprint density at radius 1 is 1.33 bits per heavy atom. The molecule has 0 fully saturated rings. The van der Waals surface area contributed by atoms with Crippen molar-refractivity contribution >= 4 is 11.9 Å². The number of nitrogens with zero attached hydrogens (tertiary/aromatic N) is 1. The van der Waals surface area contributed by atoms with Gasteiger partial charge in [-0.1, -0.05) is 6.07 Å². The highest BCUT2D eigenvalue weighted by Crippen LogP contribution is 2.21. The zero-order valence-corrected chi connectivity index (χ0v) is 13.2. The molecular formula is C15H23N3O3. The first-order valence-electron chi connectivity index (χ1n) is 6.60. The number of rotatable bonds is 4. The molecule has 6 heteroatoms. The lowest BCUT2D eigenvalue weighted by atomic mass is 10.1. The molecule has 0 aliphatic heterocycles. The number of nitrogens with two attached hydrogens (primary N) is 1. The minimum atomic E-state index is -0.446. The van der Waals surface area contributed by atoms with Crippen molar-refractivity contribution in [3.05, 3.63) is 29.3 Å². The fourth-order valence-corrected chi connectivity index (χ4v) is 1.72. The smallest absolute Gasteiger partial charge is 0.341 e. The summed E-state index contributed by atoms with van der Waals surface area (Å²) in [6.07, 6.45) is 0. The molecule has 0 spiro atoms. The molecule has 6 nitrogen and oxygen atoms in total. The van der Waals surface area contributed by atoms with E-state index < -0.39 is 5.97 Å². The summed E-state index contributed by atoms with van der Waals surface area (Å²) in [6.45, 7) is 6.36. The van der Waals surface area contributed by atoms with Crippen molar-refractivity contribution in [2.75, 3.05) is 14.2 Å². The summed E-state index contributed by atoms with van der Waals surface area (Å²) >= 11 is 0. The van der Waals surface area contributed by atoms with Crippen LogP contribution in [-0.2, 0) is 11.3 Å². The molecule has 0 atom stereocenters. The van der Waals surface area contributed by atoms with Gasteiger partial charge in [0.2, 0.25) is 0 Å². The fourth-order valence-electron chi connectivity index (χ4n) is 1.72. The van der Waals surface area contributed by atoms with Gasteiger partial charge in [0.05, 0.1) is 20.8 Å². The van der Waals surface area contributed by atoms with Crippen molar-refractivity contribution in [1.29, 1.82) is 0 Å². The number of ether oxygens (including phenoxy) is 2. The van der Waals surface area contributed by atoms with E-state index in [-0.39, 0.29) is 5.54 Å². The van der Waals surface area contributed by atoms with E-state index >= 15 is 0 Å². The largest absolute Gasteiger partial charge is 0.496 e. The highest BCUT2D eigenvalue weighted by molar-refractivity contribution is 5.92. The van der Waals surface area contributed by atoms with E-state index in [9.17, 15) is 4.79 Å². The van der Waals surface area contributed by atoms with Gasteiger partial charge in [0.1, 0.15) is 11.3 Å². The van der Waals surface area contributed by atoms with E-state index in [0.29, 0.717) is 23.8 Å². The van der Waals surface area contributed by atoms with Crippen molar-refractivity contribution < 1.29 is 14.3 Å². The zero-order chi connectivity index (χ0) is 16.0. The molecule has 1 aromatic carbocycles. The van der Waals surface area contributed by atoms with Crippen LogP contribution in [0.3, 0.4) is 0 Å². The molecule has 0 saturated carbocycles. The van der Waals surface area contributed by atoms with Gasteiger partial charge >= 0.3 is 5.97 Å². The first kappa shape index (κ1) is 16.8. The average Bonchev–Trinajstić information content (AvgIpc) is 2.42. The van der Waals surface area contributed by atoms with Gasteiger partial charge in [-0.25, -0.2) is 9.79 Å². The van der Waals surface area contributed by atoms with Gasteiger partial charge < -0.3 is 20.5 Å². The molecular weight excluding hydrogens is 270 g/mol. The molecule has 21 heavy (non-hydrogen) atoms. The number of nitrogens with one attached hydrogen (secondary N) is 1. The van der Waals surface area contributed by atoms with Gasteiger partial charge in [-0.05, 0) is 38.5 Å². The predicted molar refractivity (Wildman–Crippen MR) is 82.5 cm³/mol. The van der Waals surface area contributed by atoms with Crippen LogP contribution in [0.1, 0.15) is 36.7 Å². The van der Waals surface area contributed by atoms with Gasteiger partial charge in [0, 0.05) is 5.54 Å². The van der Waals surface area contributed by atoms with Crippen LogP contribution in [0.2, 0.25) is 0 Å². The molecule has 3 N–H and O–H groups in total. The third-order valence-electron chi connectivity index (χ3n) is 2.60. The van der Waals surface area contributed by atoms with Gasteiger partial charge in [-0.15, -0.1) is 0 Å². The lowest BCUT2D eigenvalue weighted by Crippen LogP contribution is -2.44. The fraction of sp³-hybridized carbons (Fsp3) is 0.467. The van der Waals surface area contributed by atoms with E-state index in [1.165, 1.54) is 14.2 Å². The summed E-state index contributed by atoms with van der Waals surface area (Å²) in [5, 5.41) is 3.07. The average molecular weight is 293 g/mol. The second-order valence-electron chi connectivity index (χ2n) is 5.60. The second-order valence-corrected chi connectivity index (χ2v) is 5.60. The predicted octanol–water partition coefficient (Wildman–Crippen LogP) is 1.68. The Morgan fingerprint density at radius 2 is 2.00 bits per heavy atom. The molecule has 0 amide bonds. The summed E-state index contributed by atoms with van der Waals surface area (Å²) in [6, 6.07) is 5.24. The maximum Gasteiger partial charge on any atom is 0.341 e. The topological polar surface area (TPSA) is 85.9 Å². The van der Waals surface area contributed by atoms with Crippen molar-refractivity contribution in [3.63, 3.8) is 0 Å². The third kappa shape index (κ3) is 5.33. The maximum atomic E-state index is 11.7. The number of methoxy groups -OCH3 is 2. The number of guanidine groups is 1. The molecule has 116 valence electrons. The number of carbonyl (C=O) groups is 1. The van der Waals surface area contributed by atoms with Crippen molar-refractivity contribution in [2.24, 2.45) is 10.7 Å². The summed E-state index contributed by atoms with van der Waals surface area (Å²) in [5.41, 5.74) is 6.88. The first-order valence-corrected chi connectivity index (χ1v) is 6.60. The lowest BCUT2D eigenvalue weighted by molar-refractivity contribution is 0.0597. The number of hydrogen-bond acceptors (Lipinski definition) is 4. The number of hydrogen-bond donors (Lipinski definition) is 2. The monoisotopic (exact) mass is 293 g/mol. The molecule has 0 unspecified atom stereocenters. The molecule has 0 bridgehead atoms. The lowest BCUT2D eigenvalue weighted by Gasteiger charge is -2.21. The van der Waals surface area contributed by atoms with Crippen LogP contribution in [0.5, 0.6) is 5.75 Å². The molecule has 1 rings (SSSR count). The number of esters is 1. The third-order valence-corrected chi connectivity index (χ3v) is 2.60. The van der Waals surface area contributed by atoms with Crippen molar-refractivity contribution in [2.45, 2.75) is 32.9 Å². The minimum absolute atomic E-state index is 0.148. The van der Waals surface area contributed by atoms with Crippen LogP contribution in [0.15, 0.2) is 23.2 Å². The summed E-state index contributed by atoms with van der Waals surface area (Å²) in [5.74, 6) is 0.381. The van der Waals surface area contributed by atoms with Gasteiger partial charge in [-0.2, -0.15) is 0 Å². The quantitative estimate of drug-likeness (QED) is 0.501. The Bertz CT molecular complexity index is 533. The Labute approximate surface area is 125 Å². The molecule has 0 radical (unpaired) electrons. The van der Waals surface area contributed by atoms with E-state index in [1.54, 1.807) is 12.1 Å². The highest BCUT2D eigenvalue weighted by Gasteiger charge is 2.13. The summed E-state index contributed by atoms with van der Waals surface area (Å²) < 4.78 is 9.87. The molecule has 0 saturated heterocycles. The van der Waals surface area contributed by atoms with Crippen LogP contribution < -0.4 is 15.8 Å². The molecule has 0 aliphatic carbocycles. The van der Waals surface area contributed by atoms with Gasteiger partial charge in [-0.3, -0.25) is 0 Å².